The Bertz CT molecular complexity index is 724. The zero-order valence-electron chi connectivity index (χ0n) is 13.7. The first kappa shape index (κ1) is 18.0. The standard InChI is InChI=1S/C18H20F2N2O2S/c19-15-4-1-3-14(16(15)20)17(23)18(24)22-7-2-6-21(8-9-22)11-13-5-10-25-12-13/h1,3-5,10,12,17,23H,2,6-9,11H2. The zero-order chi connectivity index (χ0) is 17.8. The lowest BCUT2D eigenvalue weighted by Gasteiger charge is -2.24. The number of carbonyl (C=O) groups is 1. The summed E-state index contributed by atoms with van der Waals surface area (Å²) < 4.78 is 27.1. The second-order valence-electron chi connectivity index (χ2n) is 6.13. The van der Waals surface area contributed by atoms with Crippen LogP contribution >= 0.6 is 11.3 Å². The molecule has 25 heavy (non-hydrogen) atoms. The van der Waals surface area contributed by atoms with Gasteiger partial charge in [0.2, 0.25) is 0 Å². The van der Waals surface area contributed by atoms with Crippen LogP contribution in [0.1, 0.15) is 23.7 Å². The minimum absolute atomic E-state index is 0.315. The van der Waals surface area contributed by atoms with Gasteiger partial charge < -0.3 is 10.0 Å². The van der Waals surface area contributed by atoms with E-state index in [9.17, 15) is 18.7 Å². The highest BCUT2D eigenvalue weighted by molar-refractivity contribution is 7.07. The fourth-order valence-corrected chi connectivity index (χ4v) is 3.69. The Labute approximate surface area is 149 Å². The van der Waals surface area contributed by atoms with E-state index in [1.54, 1.807) is 11.3 Å². The van der Waals surface area contributed by atoms with Gasteiger partial charge in [0.15, 0.2) is 17.7 Å². The maximum Gasteiger partial charge on any atom is 0.256 e. The summed E-state index contributed by atoms with van der Waals surface area (Å²) in [7, 11) is 0. The van der Waals surface area contributed by atoms with Gasteiger partial charge in [0.25, 0.3) is 5.91 Å². The number of carbonyl (C=O) groups excluding carboxylic acids is 1. The molecule has 7 heteroatoms. The number of benzene rings is 1. The Kier molecular flexibility index (Phi) is 5.78. The highest BCUT2D eigenvalue weighted by atomic mass is 32.1. The molecule has 0 bridgehead atoms. The van der Waals surface area contributed by atoms with Crippen LogP contribution in [0.4, 0.5) is 8.78 Å². The van der Waals surface area contributed by atoms with E-state index in [2.05, 4.69) is 16.3 Å². The number of aliphatic hydroxyl groups excluding tert-OH is 1. The molecule has 1 fully saturated rings. The molecule has 4 nitrogen and oxygen atoms in total. The van der Waals surface area contributed by atoms with E-state index in [1.165, 1.54) is 22.6 Å². The SMILES string of the molecule is O=C(C(O)c1cccc(F)c1F)N1CCCN(Cc2ccsc2)CC1. The summed E-state index contributed by atoms with van der Waals surface area (Å²) >= 11 is 1.65. The molecule has 3 rings (SSSR count). The fourth-order valence-electron chi connectivity index (χ4n) is 3.03. The topological polar surface area (TPSA) is 43.8 Å². The van der Waals surface area contributed by atoms with Gasteiger partial charge >= 0.3 is 0 Å². The van der Waals surface area contributed by atoms with Crippen molar-refractivity contribution in [3.8, 4) is 0 Å². The van der Waals surface area contributed by atoms with Gasteiger partial charge in [0.05, 0.1) is 0 Å². The molecule has 0 saturated carbocycles. The smallest absolute Gasteiger partial charge is 0.256 e. The van der Waals surface area contributed by atoms with Crippen LogP contribution in [0.15, 0.2) is 35.0 Å². The number of hydrogen-bond acceptors (Lipinski definition) is 4. The highest BCUT2D eigenvalue weighted by Gasteiger charge is 2.28. The normalized spacial score (nSPS) is 17.3. The molecular formula is C18H20F2N2O2S. The summed E-state index contributed by atoms with van der Waals surface area (Å²) in [6, 6.07) is 5.57. The van der Waals surface area contributed by atoms with Crippen molar-refractivity contribution in [2.45, 2.75) is 19.1 Å². The molecule has 134 valence electrons. The maximum absolute atomic E-state index is 13.8. The third kappa shape index (κ3) is 4.23. The van der Waals surface area contributed by atoms with E-state index in [-0.39, 0.29) is 5.56 Å². The molecule has 1 aliphatic rings. The third-order valence-corrected chi connectivity index (χ3v) is 5.13. The maximum atomic E-state index is 13.8. The molecule has 0 spiro atoms. The Morgan fingerprint density at radius 3 is 2.80 bits per heavy atom. The van der Waals surface area contributed by atoms with Gasteiger partial charge in [-0.3, -0.25) is 9.69 Å². The molecule has 1 atom stereocenters. The van der Waals surface area contributed by atoms with Crippen LogP contribution < -0.4 is 0 Å². The molecule has 1 unspecified atom stereocenters. The van der Waals surface area contributed by atoms with E-state index in [1.807, 2.05) is 5.38 Å². The lowest BCUT2D eigenvalue weighted by atomic mass is 10.1. The number of hydrogen-bond donors (Lipinski definition) is 1. The first-order valence-corrected chi connectivity index (χ1v) is 9.14. The molecule has 1 aromatic carbocycles. The van der Waals surface area contributed by atoms with E-state index >= 15 is 0 Å². The van der Waals surface area contributed by atoms with Gasteiger partial charge in [-0.2, -0.15) is 11.3 Å². The lowest BCUT2D eigenvalue weighted by Crippen LogP contribution is -2.38. The van der Waals surface area contributed by atoms with Crippen molar-refractivity contribution < 1.29 is 18.7 Å². The second kappa shape index (κ2) is 8.03. The predicted octanol–water partition coefficient (Wildman–Crippen LogP) is 2.79. The van der Waals surface area contributed by atoms with Crippen molar-refractivity contribution in [3.63, 3.8) is 0 Å². The summed E-state index contributed by atoms with van der Waals surface area (Å²) in [5.41, 5.74) is 0.927. The van der Waals surface area contributed by atoms with Crippen LogP contribution in [0.2, 0.25) is 0 Å². The van der Waals surface area contributed by atoms with Crippen LogP contribution in [-0.2, 0) is 11.3 Å². The lowest BCUT2D eigenvalue weighted by molar-refractivity contribution is -0.140. The molecule has 0 radical (unpaired) electrons. The molecule has 1 aromatic heterocycles. The van der Waals surface area contributed by atoms with E-state index in [4.69, 9.17) is 0 Å². The number of halogens is 2. The zero-order valence-corrected chi connectivity index (χ0v) is 14.5. The van der Waals surface area contributed by atoms with Crippen molar-refractivity contribution >= 4 is 17.2 Å². The minimum atomic E-state index is -1.68. The van der Waals surface area contributed by atoms with Crippen molar-refractivity contribution in [2.24, 2.45) is 0 Å². The average molecular weight is 366 g/mol. The Morgan fingerprint density at radius 1 is 1.20 bits per heavy atom. The molecule has 0 aliphatic carbocycles. The summed E-state index contributed by atoms with van der Waals surface area (Å²) in [4.78, 5) is 16.3. The number of thiophene rings is 1. The quantitative estimate of drug-likeness (QED) is 0.905. The van der Waals surface area contributed by atoms with Crippen molar-refractivity contribution in [1.82, 2.24) is 9.80 Å². The molecule has 2 heterocycles. The average Bonchev–Trinajstić information content (AvgIpc) is 3.00. The van der Waals surface area contributed by atoms with E-state index in [0.717, 1.165) is 25.6 Å². The van der Waals surface area contributed by atoms with Gasteiger partial charge in [0, 0.05) is 38.3 Å². The fraction of sp³-hybridized carbons (Fsp3) is 0.389. The van der Waals surface area contributed by atoms with Crippen molar-refractivity contribution in [2.75, 3.05) is 26.2 Å². The molecule has 1 amide bonds. The van der Waals surface area contributed by atoms with Crippen LogP contribution in [0.25, 0.3) is 0 Å². The number of rotatable bonds is 4. The number of amides is 1. The van der Waals surface area contributed by atoms with Gasteiger partial charge in [-0.15, -0.1) is 0 Å². The van der Waals surface area contributed by atoms with E-state index in [0.29, 0.717) is 19.6 Å². The second-order valence-corrected chi connectivity index (χ2v) is 6.91. The largest absolute Gasteiger partial charge is 0.378 e. The Morgan fingerprint density at radius 2 is 2.04 bits per heavy atom. The first-order valence-electron chi connectivity index (χ1n) is 8.20. The summed E-state index contributed by atoms with van der Waals surface area (Å²) in [5, 5.41) is 14.3. The molecule has 1 saturated heterocycles. The Balaban J connectivity index is 1.63. The van der Waals surface area contributed by atoms with Crippen molar-refractivity contribution in [3.05, 3.63) is 57.8 Å². The Hall–Kier alpha value is -1.83. The molecule has 1 N–H and O–H groups in total. The minimum Gasteiger partial charge on any atom is -0.378 e. The first-order chi connectivity index (χ1) is 12.1. The van der Waals surface area contributed by atoms with Gasteiger partial charge in [-0.05, 0) is 34.9 Å². The van der Waals surface area contributed by atoms with Crippen LogP contribution in [0.3, 0.4) is 0 Å². The monoisotopic (exact) mass is 366 g/mol. The van der Waals surface area contributed by atoms with Crippen LogP contribution in [0.5, 0.6) is 0 Å². The van der Waals surface area contributed by atoms with Gasteiger partial charge in [-0.1, -0.05) is 12.1 Å². The molecule has 2 aromatic rings. The van der Waals surface area contributed by atoms with Gasteiger partial charge in [-0.25, -0.2) is 8.78 Å². The molecule has 1 aliphatic heterocycles. The van der Waals surface area contributed by atoms with Crippen LogP contribution in [-0.4, -0.2) is 47.0 Å². The number of aliphatic hydroxyl groups is 1. The van der Waals surface area contributed by atoms with E-state index < -0.39 is 23.6 Å². The van der Waals surface area contributed by atoms with Crippen LogP contribution in [0, 0.1) is 11.6 Å². The summed E-state index contributed by atoms with van der Waals surface area (Å²) in [6.07, 6.45) is -0.909. The predicted molar refractivity (Wildman–Crippen MR) is 92.1 cm³/mol. The summed E-state index contributed by atoms with van der Waals surface area (Å²) in [5.74, 6) is -2.82. The molecular weight excluding hydrogens is 346 g/mol. The number of nitrogens with zero attached hydrogens (tertiary/aromatic N) is 2. The third-order valence-electron chi connectivity index (χ3n) is 4.40. The van der Waals surface area contributed by atoms with Gasteiger partial charge in [0.1, 0.15) is 0 Å². The summed E-state index contributed by atoms with van der Waals surface area (Å²) in [6.45, 7) is 3.31. The highest BCUT2D eigenvalue weighted by Crippen LogP contribution is 2.22. The van der Waals surface area contributed by atoms with Crippen molar-refractivity contribution in [1.29, 1.82) is 0 Å².